The highest BCUT2D eigenvalue weighted by molar-refractivity contribution is 5.78. The van der Waals surface area contributed by atoms with Gasteiger partial charge in [0.2, 0.25) is 0 Å². The fourth-order valence-corrected chi connectivity index (χ4v) is 4.33. The van der Waals surface area contributed by atoms with Gasteiger partial charge in [-0.05, 0) is 85.4 Å². The molecule has 0 saturated heterocycles. The molecular formula is C23H27NO3. The van der Waals surface area contributed by atoms with E-state index in [-0.39, 0.29) is 18.6 Å². The van der Waals surface area contributed by atoms with Gasteiger partial charge in [-0.25, -0.2) is 0 Å². The highest BCUT2D eigenvalue weighted by Gasteiger charge is 2.23. The van der Waals surface area contributed by atoms with Crippen LogP contribution in [0.4, 0.5) is 0 Å². The Morgan fingerprint density at radius 1 is 1.07 bits per heavy atom. The Bertz CT molecular complexity index is 830. The molecule has 2 aliphatic rings. The van der Waals surface area contributed by atoms with Crippen LogP contribution in [0.2, 0.25) is 0 Å². The second-order valence-corrected chi connectivity index (χ2v) is 7.47. The molecule has 0 saturated carbocycles. The van der Waals surface area contributed by atoms with Crippen LogP contribution < -0.4 is 14.8 Å². The molecule has 0 heterocycles. The van der Waals surface area contributed by atoms with Gasteiger partial charge in [0.25, 0.3) is 5.91 Å². The molecule has 0 aromatic heterocycles. The molecule has 0 aliphatic heterocycles. The predicted molar refractivity (Wildman–Crippen MR) is 105 cm³/mol. The smallest absolute Gasteiger partial charge is 0.258 e. The average Bonchev–Trinajstić information content (AvgIpc) is 2.72. The third-order valence-electron chi connectivity index (χ3n) is 5.71. The monoisotopic (exact) mass is 365 g/mol. The van der Waals surface area contributed by atoms with Gasteiger partial charge in [-0.2, -0.15) is 0 Å². The summed E-state index contributed by atoms with van der Waals surface area (Å²) in [6, 6.07) is 12.4. The van der Waals surface area contributed by atoms with E-state index in [4.69, 9.17) is 9.47 Å². The zero-order valence-corrected chi connectivity index (χ0v) is 15.9. The topological polar surface area (TPSA) is 47.6 Å². The van der Waals surface area contributed by atoms with Gasteiger partial charge in [-0.1, -0.05) is 18.2 Å². The molecule has 4 nitrogen and oxygen atoms in total. The van der Waals surface area contributed by atoms with Crippen molar-refractivity contribution in [2.45, 2.75) is 51.0 Å². The summed E-state index contributed by atoms with van der Waals surface area (Å²) in [5, 5.41) is 3.16. The summed E-state index contributed by atoms with van der Waals surface area (Å²) in [5.74, 6) is 1.69. The highest BCUT2D eigenvalue weighted by Crippen LogP contribution is 2.32. The Morgan fingerprint density at radius 3 is 2.81 bits per heavy atom. The van der Waals surface area contributed by atoms with E-state index in [0.29, 0.717) is 0 Å². The van der Waals surface area contributed by atoms with E-state index in [9.17, 15) is 4.79 Å². The lowest BCUT2D eigenvalue weighted by Crippen LogP contribution is -2.34. The zero-order chi connectivity index (χ0) is 18.6. The Hall–Kier alpha value is -2.49. The standard InChI is InChI=1S/C23H27NO3/c1-26-18-12-13-19-17(14-18)8-4-10-21(19)24-23(25)15-27-22-11-5-7-16-6-2-3-9-20(16)22/h5,7,11-14,21H,2-4,6,8-10,15H2,1H3,(H,24,25)/t21-/m0/s1. The Kier molecular flexibility index (Phi) is 5.33. The van der Waals surface area contributed by atoms with E-state index in [1.807, 2.05) is 18.2 Å². The second-order valence-electron chi connectivity index (χ2n) is 7.47. The maximum Gasteiger partial charge on any atom is 0.258 e. The minimum Gasteiger partial charge on any atom is -0.497 e. The summed E-state index contributed by atoms with van der Waals surface area (Å²) < 4.78 is 11.2. The first-order valence-electron chi connectivity index (χ1n) is 9.94. The number of nitrogens with one attached hydrogen (secondary N) is 1. The summed E-state index contributed by atoms with van der Waals surface area (Å²) in [6.45, 7) is 0.0679. The predicted octanol–water partition coefficient (Wildman–Crippen LogP) is 4.15. The molecule has 0 spiro atoms. The summed E-state index contributed by atoms with van der Waals surface area (Å²) in [6.07, 6.45) is 7.66. The Morgan fingerprint density at radius 2 is 1.93 bits per heavy atom. The number of carbonyl (C=O) groups excluding carboxylic acids is 1. The molecular weight excluding hydrogens is 338 g/mol. The Labute approximate surface area is 160 Å². The Balaban J connectivity index is 1.40. The van der Waals surface area contributed by atoms with E-state index in [1.165, 1.54) is 35.1 Å². The van der Waals surface area contributed by atoms with E-state index in [0.717, 1.165) is 43.6 Å². The number of hydrogen-bond donors (Lipinski definition) is 1. The lowest BCUT2D eigenvalue weighted by Gasteiger charge is -2.27. The molecule has 0 unspecified atom stereocenters. The van der Waals surface area contributed by atoms with Gasteiger partial charge < -0.3 is 14.8 Å². The normalized spacial score (nSPS) is 18.2. The maximum atomic E-state index is 12.5. The summed E-state index contributed by atoms with van der Waals surface area (Å²) in [7, 11) is 1.68. The fourth-order valence-electron chi connectivity index (χ4n) is 4.33. The SMILES string of the molecule is COc1ccc2c(c1)CCC[C@@H]2NC(=O)COc1cccc2c1CCCC2. The minimum atomic E-state index is -0.0583. The van der Waals surface area contributed by atoms with Crippen molar-refractivity contribution < 1.29 is 14.3 Å². The average molecular weight is 365 g/mol. The van der Waals surface area contributed by atoms with Crippen molar-refractivity contribution in [1.82, 2.24) is 5.32 Å². The number of fused-ring (bicyclic) bond motifs is 2. The van der Waals surface area contributed by atoms with Crippen LogP contribution in [0.1, 0.15) is 54.0 Å². The summed E-state index contributed by atoms with van der Waals surface area (Å²) in [5.41, 5.74) is 5.12. The first-order valence-corrected chi connectivity index (χ1v) is 9.94. The van der Waals surface area contributed by atoms with Crippen molar-refractivity contribution in [3.63, 3.8) is 0 Å². The van der Waals surface area contributed by atoms with E-state index in [1.54, 1.807) is 7.11 Å². The number of methoxy groups -OCH3 is 1. The number of amides is 1. The van der Waals surface area contributed by atoms with Crippen LogP contribution >= 0.6 is 0 Å². The van der Waals surface area contributed by atoms with Crippen molar-refractivity contribution in [2.75, 3.05) is 13.7 Å². The molecule has 1 N–H and O–H groups in total. The third kappa shape index (κ3) is 3.95. The summed E-state index contributed by atoms with van der Waals surface area (Å²) in [4.78, 5) is 12.5. The first kappa shape index (κ1) is 17.9. The van der Waals surface area contributed by atoms with Crippen molar-refractivity contribution in [3.05, 3.63) is 58.7 Å². The fraction of sp³-hybridized carbons (Fsp3) is 0.435. The highest BCUT2D eigenvalue weighted by atomic mass is 16.5. The molecule has 142 valence electrons. The van der Waals surface area contributed by atoms with E-state index >= 15 is 0 Å². The van der Waals surface area contributed by atoms with Crippen LogP contribution in [0.5, 0.6) is 11.5 Å². The van der Waals surface area contributed by atoms with Crippen LogP contribution in [-0.2, 0) is 24.1 Å². The molecule has 2 aliphatic carbocycles. The minimum absolute atomic E-state index is 0.0560. The first-order chi connectivity index (χ1) is 13.2. The lowest BCUT2D eigenvalue weighted by molar-refractivity contribution is -0.124. The van der Waals surface area contributed by atoms with Gasteiger partial charge in [0, 0.05) is 0 Å². The molecule has 1 atom stereocenters. The molecule has 4 heteroatoms. The molecule has 0 fully saturated rings. The number of carbonyl (C=O) groups is 1. The van der Waals surface area contributed by atoms with Gasteiger partial charge in [0.05, 0.1) is 13.2 Å². The molecule has 27 heavy (non-hydrogen) atoms. The van der Waals surface area contributed by atoms with Crippen molar-refractivity contribution in [1.29, 1.82) is 0 Å². The van der Waals surface area contributed by atoms with Crippen molar-refractivity contribution >= 4 is 5.91 Å². The van der Waals surface area contributed by atoms with Gasteiger partial charge in [0.1, 0.15) is 11.5 Å². The van der Waals surface area contributed by atoms with Crippen LogP contribution in [0, 0.1) is 0 Å². The largest absolute Gasteiger partial charge is 0.497 e. The number of hydrogen-bond acceptors (Lipinski definition) is 3. The number of ether oxygens (including phenoxy) is 2. The van der Waals surface area contributed by atoms with Gasteiger partial charge >= 0.3 is 0 Å². The van der Waals surface area contributed by atoms with Gasteiger partial charge in [-0.15, -0.1) is 0 Å². The van der Waals surface area contributed by atoms with Crippen LogP contribution in [0.15, 0.2) is 36.4 Å². The quantitative estimate of drug-likeness (QED) is 0.866. The van der Waals surface area contributed by atoms with Crippen molar-refractivity contribution in [2.24, 2.45) is 0 Å². The van der Waals surface area contributed by atoms with Gasteiger partial charge in [0.15, 0.2) is 6.61 Å². The summed E-state index contributed by atoms with van der Waals surface area (Å²) >= 11 is 0. The molecule has 0 radical (unpaired) electrons. The molecule has 2 aromatic rings. The van der Waals surface area contributed by atoms with Gasteiger partial charge in [-0.3, -0.25) is 4.79 Å². The van der Waals surface area contributed by atoms with Crippen LogP contribution in [-0.4, -0.2) is 19.6 Å². The molecule has 4 rings (SSSR count). The van der Waals surface area contributed by atoms with E-state index in [2.05, 4.69) is 23.5 Å². The zero-order valence-electron chi connectivity index (χ0n) is 15.9. The second kappa shape index (κ2) is 8.03. The molecule has 2 aromatic carbocycles. The molecule has 0 bridgehead atoms. The van der Waals surface area contributed by atoms with Crippen LogP contribution in [0.3, 0.4) is 0 Å². The van der Waals surface area contributed by atoms with Crippen molar-refractivity contribution in [3.8, 4) is 11.5 Å². The lowest BCUT2D eigenvalue weighted by atomic mass is 9.87. The maximum absolute atomic E-state index is 12.5. The van der Waals surface area contributed by atoms with Crippen LogP contribution in [0.25, 0.3) is 0 Å². The number of benzene rings is 2. The van der Waals surface area contributed by atoms with E-state index < -0.39 is 0 Å². The number of aryl methyl sites for hydroxylation is 2. The molecule has 1 amide bonds. The third-order valence-corrected chi connectivity index (χ3v) is 5.71. The number of rotatable bonds is 5.